The van der Waals surface area contributed by atoms with Crippen LogP contribution in [0.1, 0.15) is 28.9 Å². The fourth-order valence-corrected chi connectivity index (χ4v) is 3.69. The molecule has 0 aliphatic carbocycles. The second-order valence-corrected chi connectivity index (χ2v) is 7.62. The van der Waals surface area contributed by atoms with Gasteiger partial charge in [-0.1, -0.05) is 0 Å². The Balaban J connectivity index is 1.48. The molecule has 3 aromatic rings. The van der Waals surface area contributed by atoms with Crippen LogP contribution >= 0.6 is 0 Å². The molecule has 4 rings (SSSR count). The van der Waals surface area contributed by atoms with Gasteiger partial charge in [0.2, 0.25) is 5.88 Å². The second-order valence-electron chi connectivity index (χ2n) is 7.62. The maximum Gasteiger partial charge on any atom is 0.276 e. The van der Waals surface area contributed by atoms with Crippen LogP contribution in [0.4, 0.5) is 20.2 Å². The summed E-state index contributed by atoms with van der Waals surface area (Å²) in [5.41, 5.74) is 1.65. The molecule has 1 amide bonds. The Morgan fingerprint density at radius 2 is 1.97 bits per heavy atom. The van der Waals surface area contributed by atoms with E-state index in [0.29, 0.717) is 37.2 Å². The quantitative estimate of drug-likeness (QED) is 0.589. The lowest BCUT2D eigenvalue weighted by atomic mass is 10.1. The molecule has 0 radical (unpaired) electrons. The lowest BCUT2D eigenvalue weighted by Crippen LogP contribution is -2.38. The molecule has 1 fully saturated rings. The number of carbonyl (C=O) groups is 1. The van der Waals surface area contributed by atoms with Crippen molar-refractivity contribution in [1.82, 2.24) is 9.97 Å². The Kier molecular flexibility index (Phi) is 6.82. The third-order valence-corrected chi connectivity index (χ3v) is 5.40. The molecular formula is C24H21F2N5O3. The first-order chi connectivity index (χ1) is 16.5. The first-order valence-corrected chi connectivity index (χ1v) is 10.5. The molecule has 0 bridgehead atoms. The zero-order valence-corrected chi connectivity index (χ0v) is 18.3. The molecule has 8 nitrogen and oxygen atoms in total. The fraction of sp³-hybridized carbons (Fsp3) is 0.250. The molecule has 2 aromatic carbocycles. The second kappa shape index (κ2) is 10.1. The maximum atomic E-state index is 13.9. The van der Waals surface area contributed by atoms with E-state index in [1.54, 1.807) is 18.2 Å². The molecule has 1 aromatic heterocycles. The van der Waals surface area contributed by atoms with Gasteiger partial charge in [-0.3, -0.25) is 9.78 Å². The van der Waals surface area contributed by atoms with Gasteiger partial charge >= 0.3 is 0 Å². The van der Waals surface area contributed by atoms with Crippen LogP contribution in [0.2, 0.25) is 0 Å². The Hall–Kier alpha value is -4.26. The van der Waals surface area contributed by atoms with Gasteiger partial charge in [0.15, 0.2) is 17.3 Å². The smallest absolute Gasteiger partial charge is 0.276 e. The number of aromatic nitrogens is 2. The number of hydrogen-bond acceptors (Lipinski definition) is 7. The highest BCUT2D eigenvalue weighted by Gasteiger charge is 2.24. The number of nitrogens with zero attached hydrogens (tertiary/aromatic N) is 4. The molecule has 1 aliphatic rings. The number of rotatable bonds is 6. The summed E-state index contributed by atoms with van der Waals surface area (Å²) in [6.07, 6.45) is 3.66. The van der Waals surface area contributed by atoms with Gasteiger partial charge in [0.25, 0.3) is 5.91 Å². The summed E-state index contributed by atoms with van der Waals surface area (Å²) in [7, 11) is 1.43. The largest absolute Gasteiger partial charge is 0.487 e. The van der Waals surface area contributed by atoms with E-state index in [1.165, 1.54) is 25.6 Å². The van der Waals surface area contributed by atoms with Gasteiger partial charge in [0, 0.05) is 32.0 Å². The van der Waals surface area contributed by atoms with Gasteiger partial charge in [-0.05, 0) is 30.3 Å². The van der Waals surface area contributed by atoms with Crippen molar-refractivity contribution in [2.45, 2.75) is 18.9 Å². The lowest BCUT2D eigenvalue weighted by Gasteiger charge is -2.34. The van der Waals surface area contributed by atoms with Crippen molar-refractivity contribution in [2.24, 2.45) is 0 Å². The molecule has 0 atom stereocenters. The number of methoxy groups -OCH3 is 1. The van der Waals surface area contributed by atoms with Crippen LogP contribution in [-0.2, 0) is 0 Å². The highest BCUT2D eigenvalue weighted by atomic mass is 19.1. The van der Waals surface area contributed by atoms with Gasteiger partial charge in [-0.2, -0.15) is 5.26 Å². The van der Waals surface area contributed by atoms with Crippen LogP contribution in [0.5, 0.6) is 11.6 Å². The van der Waals surface area contributed by atoms with Crippen molar-refractivity contribution >= 4 is 17.3 Å². The molecule has 0 saturated carbocycles. The van der Waals surface area contributed by atoms with Crippen molar-refractivity contribution in [2.75, 3.05) is 30.4 Å². The standard InChI is InChI=1S/C24H21F2N5O3/c1-33-23-14-28-13-20(29-23)24(32)30-19-10-15(12-27)2-4-21(19)31-8-6-17(7-9-31)34-22-5-3-16(25)11-18(22)26/h2-5,10-11,13-14,17H,6-9H2,1H3,(H,30,32). The minimum absolute atomic E-state index is 0.0191. The summed E-state index contributed by atoms with van der Waals surface area (Å²) in [6.45, 7) is 1.14. The van der Waals surface area contributed by atoms with E-state index in [1.807, 2.05) is 0 Å². The monoisotopic (exact) mass is 465 g/mol. The average Bonchev–Trinajstić information content (AvgIpc) is 2.86. The lowest BCUT2D eigenvalue weighted by molar-refractivity contribution is 0.102. The maximum absolute atomic E-state index is 13.9. The molecular weight excluding hydrogens is 444 g/mol. The van der Waals surface area contributed by atoms with E-state index < -0.39 is 17.5 Å². The van der Waals surface area contributed by atoms with Crippen LogP contribution < -0.4 is 19.7 Å². The van der Waals surface area contributed by atoms with E-state index >= 15 is 0 Å². The fourth-order valence-electron chi connectivity index (χ4n) is 3.69. The minimum Gasteiger partial charge on any atom is -0.487 e. The number of halogens is 2. The third kappa shape index (κ3) is 5.20. The van der Waals surface area contributed by atoms with Crippen LogP contribution in [-0.4, -0.2) is 42.2 Å². The molecule has 2 heterocycles. The molecule has 1 N–H and O–H groups in total. The Bertz CT molecular complexity index is 1240. The summed E-state index contributed by atoms with van der Waals surface area (Å²) >= 11 is 0. The number of nitrogens with one attached hydrogen (secondary N) is 1. The number of piperidine rings is 1. The molecule has 10 heteroatoms. The number of ether oxygens (including phenoxy) is 2. The van der Waals surface area contributed by atoms with Gasteiger partial charge < -0.3 is 19.7 Å². The first kappa shape index (κ1) is 22.9. The summed E-state index contributed by atoms with van der Waals surface area (Å²) in [5.74, 6) is -1.66. The zero-order chi connectivity index (χ0) is 24.1. The van der Waals surface area contributed by atoms with Gasteiger partial charge in [0.1, 0.15) is 11.9 Å². The predicted octanol–water partition coefficient (Wildman–Crippen LogP) is 3.94. The predicted molar refractivity (Wildman–Crippen MR) is 120 cm³/mol. The van der Waals surface area contributed by atoms with E-state index in [9.17, 15) is 18.8 Å². The Morgan fingerprint density at radius 3 is 2.68 bits per heavy atom. The van der Waals surface area contributed by atoms with Crippen LogP contribution in [0, 0.1) is 23.0 Å². The van der Waals surface area contributed by atoms with E-state index in [4.69, 9.17) is 9.47 Å². The molecule has 1 aliphatic heterocycles. The molecule has 0 spiro atoms. The molecule has 0 unspecified atom stereocenters. The van der Waals surface area contributed by atoms with Crippen molar-refractivity contribution in [3.8, 4) is 17.7 Å². The van der Waals surface area contributed by atoms with Gasteiger partial charge in [-0.25, -0.2) is 13.8 Å². The van der Waals surface area contributed by atoms with E-state index in [0.717, 1.165) is 17.8 Å². The molecule has 1 saturated heterocycles. The summed E-state index contributed by atoms with van der Waals surface area (Å²) in [6, 6.07) is 10.3. The SMILES string of the molecule is COc1cncc(C(=O)Nc2cc(C#N)ccc2N2CCC(Oc3ccc(F)cc3F)CC2)n1. The highest BCUT2D eigenvalue weighted by molar-refractivity contribution is 6.04. The number of anilines is 2. The number of amides is 1. The third-order valence-electron chi connectivity index (χ3n) is 5.40. The van der Waals surface area contributed by atoms with Gasteiger partial charge in [0.05, 0.1) is 42.5 Å². The molecule has 34 heavy (non-hydrogen) atoms. The van der Waals surface area contributed by atoms with Crippen LogP contribution in [0.3, 0.4) is 0 Å². The zero-order valence-electron chi connectivity index (χ0n) is 18.3. The van der Waals surface area contributed by atoms with Crippen molar-refractivity contribution in [3.63, 3.8) is 0 Å². The normalized spacial score (nSPS) is 13.8. The minimum atomic E-state index is -0.736. The van der Waals surface area contributed by atoms with Crippen molar-refractivity contribution in [3.05, 3.63) is 71.7 Å². The summed E-state index contributed by atoms with van der Waals surface area (Å²) in [5, 5.41) is 12.1. The van der Waals surface area contributed by atoms with Crippen LogP contribution in [0.25, 0.3) is 0 Å². The first-order valence-electron chi connectivity index (χ1n) is 10.5. The Morgan fingerprint density at radius 1 is 1.18 bits per heavy atom. The highest BCUT2D eigenvalue weighted by Crippen LogP contribution is 2.31. The molecule has 174 valence electrons. The van der Waals surface area contributed by atoms with E-state index in [-0.39, 0.29) is 23.4 Å². The average molecular weight is 465 g/mol. The van der Waals surface area contributed by atoms with Crippen LogP contribution in [0.15, 0.2) is 48.8 Å². The Labute approximate surface area is 194 Å². The van der Waals surface area contributed by atoms with E-state index in [2.05, 4.69) is 26.3 Å². The van der Waals surface area contributed by atoms with Crippen molar-refractivity contribution < 1.29 is 23.0 Å². The number of nitriles is 1. The number of carbonyl (C=O) groups excluding carboxylic acids is 1. The topological polar surface area (TPSA) is 100 Å². The van der Waals surface area contributed by atoms with Crippen molar-refractivity contribution in [1.29, 1.82) is 5.26 Å². The number of hydrogen-bond donors (Lipinski definition) is 1. The summed E-state index contributed by atoms with van der Waals surface area (Å²) < 4.78 is 37.8. The van der Waals surface area contributed by atoms with Gasteiger partial charge in [-0.15, -0.1) is 0 Å². The summed E-state index contributed by atoms with van der Waals surface area (Å²) in [4.78, 5) is 22.9. The number of benzene rings is 2.